The van der Waals surface area contributed by atoms with Crippen LogP contribution in [0.2, 0.25) is 0 Å². The van der Waals surface area contributed by atoms with Gasteiger partial charge in [0, 0.05) is 19.0 Å². The minimum absolute atomic E-state index is 0.0464. The number of nitrogens with zero attached hydrogens (tertiary/aromatic N) is 3. The maximum Gasteiger partial charge on any atom is 0.228 e. The average Bonchev–Trinajstić information content (AvgIpc) is 2.32. The topological polar surface area (TPSA) is 58.1 Å². The molecule has 1 amide bonds. The summed E-state index contributed by atoms with van der Waals surface area (Å²) in [7, 11) is 0. The number of nitrogens with one attached hydrogen (secondary N) is 1. The SMILES string of the molecule is CCN(CC)c1ccc(NC(=O)C(C)C)nn1. The van der Waals surface area contributed by atoms with E-state index in [-0.39, 0.29) is 11.8 Å². The van der Waals surface area contributed by atoms with Crippen molar-refractivity contribution in [1.29, 1.82) is 0 Å². The van der Waals surface area contributed by atoms with E-state index in [2.05, 4.69) is 34.3 Å². The molecule has 1 aromatic rings. The Morgan fingerprint density at radius 3 is 2.35 bits per heavy atom. The monoisotopic (exact) mass is 236 g/mol. The van der Waals surface area contributed by atoms with Crippen LogP contribution in [0, 0.1) is 5.92 Å². The number of amides is 1. The fourth-order valence-electron chi connectivity index (χ4n) is 1.38. The molecule has 94 valence electrons. The summed E-state index contributed by atoms with van der Waals surface area (Å²) < 4.78 is 0. The van der Waals surface area contributed by atoms with Crippen LogP contribution in [0.25, 0.3) is 0 Å². The van der Waals surface area contributed by atoms with E-state index in [1.807, 2.05) is 19.9 Å². The molecule has 0 aliphatic rings. The Bertz CT molecular complexity index is 357. The Morgan fingerprint density at radius 1 is 1.29 bits per heavy atom. The summed E-state index contributed by atoms with van der Waals surface area (Å²) in [6.45, 7) is 9.60. The van der Waals surface area contributed by atoms with Gasteiger partial charge >= 0.3 is 0 Å². The zero-order valence-corrected chi connectivity index (χ0v) is 10.9. The van der Waals surface area contributed by atoms with Gasteiger partial charge in [-0.1, -0.05) is 13.8 Å². The number of anilines is 2. The standard InChI is InChI=1S/C12H20N4O/c1-5-16(6-2)11-8-7-10(14-15-11)13-12(17)9(3)4/h7-9H,5-6H2,1-4H3,(H,13,14,17). The predicted molar refractivity (Wildman–Crippen MR) is 69.1 cm³/mol. The Kier molecular flexibility index (Phi) is 4.87. The highest BCUT2D eigenvalue weighted by molar-refractivity contribution is 5.91. The molecule has 1 heterocycles. The maximum absolute atomic E-state index is 11.5. The molecule has 0 saturated carbocycles. The van der Waals surface area contributed by atoms with E-state index in [4.69, 9.17) is 0 Å². The van der Waals surface area contributed by atoms with Crippen LogP contribution in [0.5, 0.6) is 0 Å². The van der Waals surface area contributed by atoms with Crippen molar-refractivity contribution in [3.05, 3.63) is 12.1 Å². The summed E-state index contributed by atoms with van der Waals surface area (Å²) in [4.78, 5) is 13.6. The van der Waals surface area contributed by atoms with Crippen LogP contribution in [-0.2, 0) is 4.79 Å². The van der Waals surface area contributed by atoms with E-state index in [0.717, 1.165) is 18.9 Å². The number of rotatable bonds is 5. The molecule has 5 nitrogen and oxygen atoms in total. The Labute approximate surface area is 102 Å². The first kappa shape index (κ1) is 13.4. The van der Waals surface area contributed by atoms with E-state index < -0.39 is 0 Å². The molecule has 1 rings (SSSR count). The molecule has 0 atom stereocenters. The van der Waals surface area contributed by atoms with Gasteiger partial charge in [-0.15, -0.1) is 10.2 Å². The van der Waals surface area contributed by atoms with Crippen molar-refractivity contribution in [1.82, 2.24) is 10.2 Å². The van der Waals surface area contributed by atoms with Gasteiger partial charge in [0.1, 0.15) is 0 Å². The van der Waals surface area contributed by atoms with E-state index in [9.17, 15) is 4.79 Å². The van der Waals surface area contributed by atoms with Crippen LogP contribution in [0.4, 0.5) is 11.6 Å². The van der Waals surface area contributed by atoms with Crippen molar-refractivity contribution >= 4 is 17.5 Å². The van der Waals surface area contributed by atoms with E-state index in [1.165, 1.54) is 0 Å². The smallest absolute Gasteiger partial charge is 0.228 e. The van der Waals surface area contributed by atoms with Gasteiger partial charge in [-0.3, -0.25) is 4.79 Å². The summed E-state index contributed by atoms with van der Waals surface area (Å²) in [5.41, 5.74) is 0. The summed E-state index contributed by atoms with van der Waals surface area (Å²) in [5, 5.41) is 10.8. The highest BCUT2D eigenvalue weighted by Gasteiger charge is 2.09. The summed E-state index contributed by atoms with van der Waals surface area (Å²) in [5.74, 6) is 1.23. The van der Waals surface area contributed by atoms with Crippen molar-refractivity contribution < 1.29 is 4.79 Å². The third-order valence-electron chi connectivity index (χ3n) is 2.51. The van der Waals surface area contributed by atoms with Crippen LogP contribution in [0.1, 0.15) is 27.7 Å². The summed E-state index contributed by atoms with van der Waals surface area (Å²) >= 11 is 0. The molecule has 0 fully saturated rings. The van der Waals surface area contributed by atoms with Crippen LogP contribution in [-0.4, -0.2) is 29.2 Å². The molecule has 17 heavy (non-hydrogen) atoms. The molecule has 5 heteroatoms. The second-order valence-corrected chi connectivity index (χ2v) is 4.09. The first-order valence-corrected chi connectivity index (χ1v) is 5.98. The second kappa shape index (κ2) is 6.18. The van der Waals surface area contributed by atoms with Gasteiger partial charge in [-0.2, -0.15) is 0 Å². The highest BCUT2D eigenvalue weighted by Crippen LogP contribution is 2.11. The minimum Gasteiger partial charge on any atom is -0.356 e. The maximum atomic E-state index is 11.5. The molecule has 0 radical (unpaired) electrons. The lowest BCUT2D eigenvalue weighted by atomic mass is 10.2. The van der Waals surface area contributed by atoms with Crippen molar-refractivity contribution in [2.45, 2.75) is 27.7 Å². The number of hydrogen-bond donors (Lipinski definition) is 1. The van der Waals surface area contributed by atoms with Gasteiger partial charge in [0.2, 0.25) is 5.91 Å². The van der Waals surface area contributed by atoms with Gasteiger partial charge in [0.25, 0.3) is 0 Å². The predicted octanol–water partition coefficient (Wildman–Crippen LogP) is 1.92. The van der Waals surface area contributed by atoms with Gasteiger partial charge in [0.15, 0.2) is 11.6 Å². The lowest BCUT2D eigenvalue weighted by Crippen LogP contribution is -2.24. The van der Waals surface area contributed by atoms with Gasteiger partial charge < -0.3 is 10.2 Å². The first-order valence-electron chi connectivity index (χ1n) is 5.98. The Balaban J connectivity index is 2.71. The first-order chi connectivity index (χ1) is 8.08. The molecular formula is C12H20N4O. The van der Waals surface area contributed by atoms with Crippen molar-refractivity contribution in [3.8, 4) is 0 Å². The molecule has 0 saturated heterocycles. The number of carbonyl (C=O) groups excluding carboxylic acids is 1. The van der Waals surface area contributed by atoms with Gasteiger partial charge in [-0.25, -0.2) is 0 Å². The third-order valence-corrected chi connectivity index (χ3v) is 2.51. The van der Waals surface area contributed by atoms with Crippen LogP contribution < -0.4 is 10.2 Å². The number of aromatic nitrogens is 2. The molecule has 1 N–H and O–H groups in total. The number of carbonyl (C=O) groups is 1. The minimum atomic E-state index is -0.0562. The Hall–Kier alpha value is -1.65. The molecule has 0 aromatic carbocycles. The van der Waals surface area contributed by atoms with Crippen LogP contribution >= 0.6 is 0 Å². The number of hydrogen-bond acceptors (Lipinski definition) is 4. The lowest BCUT2D eigenvalue weighted by Gasteiger charge is -2.18. The van der Waals surface area contributed by atoms with E-state index in [0.29, 0.717) is 5.82 Å². The quantitative estimate of drug-likeness (QED) is 0.848. The fraction of sp³-hybridized carbons (Fsp3) is 0.583. The van der Waals surface area contributed by atoms with Crippen molar-refractivity contribution in [2.24, 2.45) is 5.92 Å². The second-order valence-electron chi connectivity index (χ2n) is 4.09. The van der Waals surface area contributed by atoms with Gasteiger partial charge in [0.05, 0.1) is 0 Å². The molecule has 0 aliphatic carbocycles. The van der Waals surface area contributed by atoms with Crippen molar-refractivity contribution in [2.75, 3.05) is 23.3 Å². The van der Waals surface area contributed by atoms with Crippen molar-refractivity contribution in [3.63, 3.8) is 0 Å². The summed E-state index contributed by atoms with van der Waals surface area (Å²) in [6.07, 6.45) is 0. The largest absolute Gasteiger partial charge is 0.356 e. The zero-order valence-electron chi connectivity index (χ0n) is 10.9. The highest BCUT2D eigenvalue weighted by atomic mass is 16.1. The van der Waals surface area contributed by atoms with E-state index in [1.54, 1.807) is 6.07 Å². The molecule has 1 aromatic heterocycles. The molecule has 0 spiro atoms. The normalized spacial score (nSPS) is 10.4. The summed E-state index contributed by atoms with van der Waals surface area (Å²) in [6, 6.07) is 3.65. The molecule has 0 aliphatic heterocycles. The third kappa shape index (κ3) is 3.69. The lowest BCUT2D eigenvalue weighted by molar-refractivity contribution is -0.118. The van der Waals surface area contributed by atoms with E-state index >= 15 is 0 Å². The Morgan fingerprint density at radius 2 is 1.94 bits per heavy atom. The van der Waals surface area contributed by atoms with Gasteiger partial charge in [-0.05, 0) is 26.0 Å². The molecule has 0 unspecified atom stereocenters. The zero-order chi connectivity index (χ0) is 12.8. The van der Waals surface area contributed by atoms with Crippen LogP contribution in [0.3, 0.4) is 0 Å². The fourth-order valence-corrected chi connectivity index (χ4v) is 1.38. The molecule has 0 bridgehead atoms. The van der Waals surface area contributed by atoms with Crippen LogP contribution in [0.15, 0.2) is 12.1 Å². The molecular weight excluding hydrogens is 216 g/mol. The average molecular weight is 236 g/mol.